The number of methoxy groups -OCH3 is 3. The van der Waals surface area contributed by atoms with Gasteiger partial charge in [0.05, 0.1) is 26.6 Å². The lowest BCUT2D eigenvalue weighted by Gasteiger charge is -2.37. The monoisotopic (exact) mass is 416 g/mol. The standard InChI is InChI=1S/C22H28N2O4S/c1-16(29-19-9-10-20(27-3)21(15-19)28-4)22(25)24-13-11-23(12-14-24)17-5-7-18(26-2)8-6-17/h5-10,15-16H,11-14H2,1-4H3/t16-/m1/s1. The zero-order chi connectivity index (χ0) is 20.8. The Morgan fingerprint density at radius 3 is 2.14 bits per heavy atom. The molecule has 1 saturated heterocycles. The second-order valence-electron chi connectivity index (χ2n) is 6.79. The minimum atomic E-state index is -0.166. The molecule has 6 nitrogen and oxygen atoms in total. The van der Waals surface area contributed by atoms with E-state index in [1.807, 2.05) is 42.2 Å². The van der Waals surface area contributed by atoms with Crippen molar-refractivity contribution >= 4 is 23.4 Å². The minimum Gasteiger partial charge on any atom is -0.497 e. The second-order valence-corrected chi connectivity index (χ2v) is 8.20. The van der Waals surface area contributed by atoms with Gasteiger partial charge < -0.3 is 24.0 Å². The highest BCUT2D eigenvalue weighted by Gasteiger charge is 2.26. The molecular weight excluding hydrogens is 388 g/mol. The highest BCUT2D eigenvalue weighted by atomic mass is 32.2. The molecule has 1 atom stereocenters. The molecule has 0 radical (unpaired) electrons. The van der Waals surface area contributed by atoms with Crippen LogP contribution in [0.25, 0.3) is 0 Å². The molecule has 7 heteroatoms. The van der Waals surface area contributed by atoms with E-state index in [9.17, 15) is 4.79 Å². The summed E-state index contributed by atoms with van der Waals surface area (Å²) in [5.74, 6) is 2.37. The van der Waals surface area contributed by atoms with Crippen LogP contribution in [0, 0.1) is 0 Å². The Kier molecular flexibility index (Phi) is 7.14. The van der Waals surface area contributed by atoms with Gasteiger partial charge in [-0.2, -0.15) is 0 Å². The lowest BCUT2D eigenvalue weighted by molar-refractivity contribution is -0.130. The molecule has 1 amide bonds. The molecule has 2 aromatic rings. The maximum Gasteiger partial charge on any atom is 0.235 e. The lowest BCUT2D eigenvalue weighted by atomic mass is 10.2. The van der Waals surface area contributed by atoms with Crippen molar-refractivity contribution in [2.24, 2.45) is 0 Å². The Labute approximate surface area is 176 Å². The molecule has 0 N–H and O–H groups in total. The summed E-state index contributed by atoms with van der Waals surface area (Å²) in [4.78, 5) is 18.2. The zero-order valence-corrected chi connectivity index (χ0v) is 18.2. The van der Waals surface area contributed by atoms with Crippen LogP contribution >= 0.6 is 11.8 Å². The van der Waals surface area contributed by atoms with E-state index in [-0.39, 0.29) is 11.2 Å². The van der Waals surface area contributed by atoms with Gasteiger partial charge in [-0.15, -0.1) is 11.8 Å². The van der Waals surface area contributed by atoms with Crippen molar-refractivity contribution in [1.82, 2.24) is 4.90 Å². The Morgan fingerprint density at radius 1 is 0.897 bits per heavy atom. The van der Waals surface area contributed by atoms with Crippen LogP contribution in [-0.2, 0) is 4.79 Å². The zero-order valence-electron chi connectivity index (χ0n) is 17.4. The van der Waals surface area contributed by atoms with E-state index >= 15 is 0 Å². The maximum atomic E-state index is 12.9. The minimum absolute atomic E-state index is 0.166. The number of benzene rings is 2. The first-order chi connectivity index (χ1) is 14.0. The van der Waals surface area contributed by atoms with E-state index in [0.717, 1.165) is 42.5 Å². The second kappa shape index (κ2) is 9.78. The van der Waals surface area contributed by atoms with Crippen LogP contribution in [0.3, 0.4) is 0 Å². The molecule has 1 aliphatic heterocycles. The Hall–Kier alpha value is -2.54. The fourth-order valence-electron chi connectivity index (χ4n) is 3.38. The molecule has 0 spiro atoms. The molecule has 0 aliphatic carbocycles. The van der Waals surface area contributed by atoms with Crippen molar-refractivity contribution in [2.45, 2.75) is 17.1 Å². The summed E-state index contributed by atoms with van der Waals surface area (Å²) in [6.45, 7) is 5.06. The number of thioether (sulfide) groups is 1. The lowest BCUT2D eigenvalue weighted by Crippen LogP contribution is -2.50. The summed E-state index contributed by atoms with van der Waals surface area (Å²) in [6, 6.07) is 13.8. The third-order valence-electron chi connectivity index (χ3n) is 5.04. The van der Waals surface area contributed by atoms with Crippen molar-refractivity contribution in [3.05, 3.63) is 42.5 Å². The van der Waals surface area contributed by atoms with Crippen LogP contribution in [0.5, 0.6) is 17.2 Å². The van der Waals surface area contributed by atoms with Gasteiger partial charge in [-0.05, 0) is 49.4 Å². The van der Waals surface area contributed by atoms with Crippen LogP contribution in [-0.4, -0.2) is 63.6 Å². The number of nitrogens with zero attached hydrogens (tertiary/aromatic N) is 2. The number of rotatable bonds is 7. The average Bonchev–Trinajstić information content (AvgIpc) is 2.78. The van der Waals surface area contributed by atoms with Gasteiger partial charge in [0.1, 0.15) is 5.75 Å². The first-order valence-electron chi connectivity index (χ1n) is 9.62. The van der Waals surface area contributed by atoms with Gasteiger partial charge in [0.2, 0.25) is 5.91 Å². The van der Waals surface area contributed by atoms with Gasteiger partial charge in [-0.1, -0.05) is 0 Å². The summed E-state index contributed by atoms with van der Waals surface area (Å²) in [5, 5.41) is -0.166. The van der Waals surface area contributed by atoms with Gasteiger partial charge in [0.15, 0.2) is 11.5 Å². The molecule has 0 bridgehead atoms. The van der Waals surface area contributed by atoms with Gasteiger partial charge in [0.25, 0.3) is 0 Å². The Balaban J connectivity index is 1.55. The molecular formula is C22H28N2O4S. The van der Waals surface area contributed by atoms with Crippen LogP contribution in [0.1, 0.15) is 6.92 Å². The molecule has 1 fully saturated rings. The van der Waals surface area contributed by atoms with Crippen LogP contribution < -0.4 is 19.1 Å². The average molecular weight is 417 g/mol. The van der Waals surface area contributed by atoms with Crippen LogP contribution in [0.15, 0.2) is 47.4 Å². The van der Waals surface area contributed by atoms with Crippen molar-refractivity contribution in [3.63, 3.8) is 0 Å². The van der Waals surface area contributed by atoms with Gasteiger partial charge in [0, 0.05) is 36.8 Å². The topological polar surface area (TPSA) is 51.2 Å². The van der Waals surface area contributed by atoms with E-state index in [1.54, 1.807) is 33.1 Å². The van der Waals surface area contributed by atoms with Crippen molar-refractivity contribution in [2.75, 3.05) is 52.4 Å². The molecule has 3 rings (SSSR count). The molecule has 1 heterocycles. The number of ether oxygens (including phenoxy) is 3. The SMILES string of the molecule is COc1ccc(N2CCN(C(=O)[C@@H](C)Sc3ccc(OC)c(OC)c3)CC2)cc1. The normalized spacial score (nSPS) is 15.0. The van der Waals surface area contributed by atoms with Gasteiger partial charge in [-0.3, -0.25) is 4.79 Å². The number of anilines is 1. The highest BCUT2D eigenvalue weighted by Crippen LogP contribution is 2.34. The fraction of sp³-hybridized carbons (Fsp3) is 0.409. The first-order valence-corrected chi connectivity index (χ1v) is 10.5. The summed E-state index contributed by atoms with van der Waals surface area (Å²) < 4.78 is 15.9. The van der Waals surface area contributed by atoms with Crippen molar-refractivity contribution < 1.29 is 19.0 Å². The Morgan fingerprint density at radius 2 is 1.55 bits per heavy atom. The number of hydrogen-bond acceptors (Lipinski definition) is 6. The van der Waals surface area contributed by atoms with Crippen molar-refractivity contribution in [3.8, 4) is 17.2 Å². The predicted octanol–water partition coefficient (Wildman–Crippen LogP) is 3.54. The van der Waals surface area contributed by atoms with E-state index in [0.29, 0.717) is 11.5 Å². The largest absolute Gasteiger partial charge is 0.497 e. The van der Waals surface area contributed by atoms with Crippen molar-refractivity contribution in [1.29, 1.82) is 0 Å². The van der Waals surface area contributed by atoms with E-state index in [2.05, 4.69) is 17.0 Å². The number of hydrogen-bond donors (Lipinski definition) is 0. The van der Waals surface area contributed by atoms with E-state index < -0.39 is 0 Å². The maximum absolute atomic E-state index is 12.9. The van der Waals surface area contributed by atoms with Crippen LogP contribution in [0.4, 0.5) is 5.69 Å². The number of piperazine rings is 1. The van der Waals surface area contributed by atoms with Crippen LogP contribution in [0.2, 0.25) is 0 Å². The molecule has 29 heavy (non-hydrogen) atoms. The highest BCUT2D eigenvalue weighted by molar-refractivity contribution is 8.00. The molecule has 0 saturated carbocycles. The third kappa shape index (κ3) is 5.09. The van der Waals surface area contributed by atoms with Gasteiger partial charge >= 0.3 is 0 Å². The van der Waals surface area contributed by atoms with E-state index in [1.165, 1.54) is 0 Å². The number of carbonyl (C=O) groups is 1. The quantitative estimate of drug-likeness (QED) is 0.644. The molecule has 0 aromatic heterocycles. The summed E-state index contributed by atoms with van der Waals surface area (Å²) >= 11 is 1.54. The fourth-order valence-corrected chi connectivity index (χ4v) is 4.36. The number of carbonyl (C=O) groups excluding carboxylic acids is 1. The Bertz CT molecular complexity index is 820. The smallest absolute Gasteiger partial charge is 0.235 e. The molecule has 1 aliphatic rings. The summed E-state index contributed by atoms with van der Waals surface area (Å²) in [6.07, 6.45) is 0. The predicted molar refractivity (Wildman–Crippen MR) is 117 cm³/mol. The summed E-state index contributed by atoms with van der Waals surface area (Å²) in [5.41, 5.74) is 1.16. The summed E-state index contributed by atoms with van der Waals surface area (Å²) in [7, 11) is 4.90. The molecule has 156 valence electrons. The first kappa shape index (κ1) is 21.2. The van der Waals surface area contributed by atoms with Gasteiger partial charge in [-0.25, -0.2) is 0 Å². The third-order valence-corrected chi connectivity index (χ3v) is 6.13. The van der Waals surface area contributed by atoms with E-state index in [4.69, 9.17) is 14.2 Å². The molecule has 2 aromatic carbocycles. The number of amides is 1. The molecule has 0 unspecified atom stereocenters.